The van der Waals surface area contributed by atoms with Gasteiger partial charge in [0.15, 0.2) is 0 Å². The smallest absolute Gasteiger partial charge is 0.0409 e. The van der Waals surface area contributed by atoms with Gasteiger partial charge in [-0.15, -0.1) is 0 Å². The molecule has 0 saturated heterocycles. The standard InChI is InChI=1S/C7H12N2/c1-6(5-8-3)7(2)9-4/h5H,4H2,1-3H3/b7-6-,8-5?. The van der Waals surface area contributed by atoms with Crippen molar-refractivity contribution in [2.75, 3.05) is 7.05 Å². The first-order valence-corrected chi connectivity index (χ1v) is 2.78. The van der Waals surface area contributed by atoms with Crippen LogP contribution in [-0.4, -0.2) is 20.0 Å². The Balaban J connectivity index is 4.27. The van der Waals surface area contributed by atoms with Gasteiger partial charge in [0.1, 0.15) is 0 Å². The average Bonchev–Trinajstić information content (AvgIpc) is 1.87. The Morgan fingerprint density at radius 2 is 2.00 bits per heavy atom. The van der Waals surface area contributed by atoms with Crippen molar-refractivity contribution in [3.63, 3.8) is 0 Å². The summed E-state index contributed by atoms with van der Waals surface area (Å²) in [5, 5.41) is 0. The topological polar surface area (TPSA) is 24.7 Å². The fourth-order valence-electron chi connectivity index (χ4n) is 0.412. The van der Waals surface area contributed by atoms with Crippen LogP contribution in [0.2, 0.25) is 0 Å². The van der Waals surface area contributed by atoms with Crippen LogP contribution >= 0.6 is 0 Å². The number of rotatable bonds is 2. The summed E-state index contributed by atoms with van der Waals surface area (Å²) in [5.41, 5.74) is 1.99. The van der Waals surface area contributed by atoms with Crippen molar-refractivity contribution in [3.05, 3.63) is 11.3 Å². The highest BCUT2D eigenvalue weighted by Crippen LogP contribution is 1.99. The molecule has 0 rings (SSSR count). The minimum absolute atomic E-state index is 0.931. The lowest BCUT2D eigenvalue weighted by Crippen LogP contribution is -1.81. The Kier molecular flexibility index (Phi) is 3.60. The van der Waals surface area contributed by atoms with Crippen LogP contribution in [0.15, 0.2) is 21.3 Å². The maximum atomic E-state index is 3.83. The molecule has 0 fully saturated rings. The Morgan fingerprint density at radius 1 is 1.44 bits per heavy atom. The van der Waals surface area contributed by atoms with Crippen LogP contribution in [0.3, 0.4) is 0 Å². The van der Waals surface area contributed by atoms with Crippen molar-refractivity contribution in [3.8, 4) is 0 Å². The molecule has 0 aromatic rings. The third kappa shape index (κ3) is 2.80. The van der Waals surface area contributed by atoms with Crippen molar-refractivity contribution in [2.24, 2.45) is 9.98 Å². The maximum absolute atomic E-state index is 3.83. The Hall–Kier alpha value is -0.920. The molecule has 0 spiro atoms. The summed E-state index contributed by atoms with van der Waals surface area (Å²) in [6.07, 6.45) is 1.77. The van der Waals surface area contributed by atoms with E-state index in [1.165, 1.54) is 0 Å². The summed E-state index contributed by atoms with van der Waals surface area (Å²) in [7, 11) is 1.74. The molecule has 2 nitrogen and oxygen atoms in total. The summed E-state index contributed by atoms with van der Waals surface area (Å²) in [5.74, 6) is 0. The number of nitrogens with zero attached hydrogens (tertiary/aromatic N) is 2. The van der Waals surface area contributed by atoms with Crippen molar-refractivity contribution >= 4 is 12.9 Å². The fourth-order valence-corrected chi connectivity index (χ4v) is 0.412. The van der Waals surface area contributed by atoms with Gasteiger partial charge in [-0.1, -0.05) is 0 Å². The van der Waals surface area contributed by atoms with E-state index in [1.807, 2.05) is 13.8 Å². The van der Waals surface area contributed by atoms with E-state index < -0.39 is 0 Å². The Bertz CT molecular complexity index is 154. The van der Waals surface area contributed by atoms with E-state index in [-0.39, 0.29) is 0 Å². The van der Waals surface area contributed by atoms with Gasteiger partial charge in [-0.05, 0) is 26.1 Å². The van der Waals surface area contributed by atoms with Gasteiger partial charge in [0.25, 0.3) is 0 Å². The second-order valence-electron chi connectivity index (χ2n) is 1.81. The summed E-state index contributed by atoms with van der Waals surface area (Å²) in [6, 6.07) is 0. The molecular weight excluding hydrogens is 112 g/mol. The molecule has 0 aromatic carbocycles. The fraction of sp³-hybridized carbons (Fsp3) is 0.429. The Labute approximate surface area is 56.0 Å². The van der Waals surface area contributed by atoms with Crippen LogP contribution in [0.1, 0.15) is 13.8 Å². The molecule has 0 N–H and O–H groups in total. The minimum Gasteiger partial charge on any atom is -0.296 e. The number of aliphatic imine (C=N–C) groups is 2. The van der Waals surface area contributed by atoms with Crippen molar-refractivity contribution in [1.82, 2.24) is 0 Å². The highest BCUT2D eigenvalue weighted by Gasteiger charge is 1.86. The van der Waals surface area contributed by atoms with E-state index in [1.54, 1.807) is 13.3 Å². The van der Waals surface area contributed by atoms with Gasteiger partial charge in [-0.25, -0.2) is 0 Å². The number of hydrogen-bond acceptors (Lipinski definition) is 2. The maximum Gasteiger partial charge on any atom is 0.0409 e. The minimum atomic E-state index is 0.931. The molecule has 0 atom stereocenters. The van der Waals surface area contributed by atoms with Crippen molar-refractivity contribution in [2.45, 2.75) is 13.8 Å². The molecule has 0 amide bonds. The van der Waals surface area contributed by atoms with E-state index in [0.29, 0.717) is 0 Å². The summed E-state index contributed by atoms with van der Waals surface area (Å²) in [6.45, 7) is 7.26. The molecule has 0 heterocycles. The zero-order valence-electron chi connectivity index (χ0n) is 6.18. The predicted octanol–water partition coefficient (Wildman–Crippen LogP) is 1.68. The largest absolute Gasteiger partial charge is 0.296 e. The molecule has 0 unspecified atom stereocenters. The number of allylic oxidation sites excluding steroid dienone is 2. The van der Waals surface area contributed by atoms with Crippen LogP contribution in [0.25, 0.3) is 0 Å². The number of hydrogen-bond donors (Lipinski definition) is 0. The third-order valence-electron chi connectivity index (χ3n) is 1.13. The quantitative estimate of drug-likeness (QED) is 0.500. The molecule has 0 saturated carbocycles. The normalized spacial score (nSPS) is 13.7. The summed E-state index contributed by atoms with van der Waals surface area (Å²) < 4.78 is 0. The van der Waals surface area contributed by atoms with Crippen LogP contribution in [-0.2, 0) is 0 Å². The van der Waals surface area contributed by atoms with Crippen LogP contribution < -0.4 is 0 Å². The van der Waals surface area contributed by atoms with Crippen LogP contribution in [0.5, 0.6) is 0 Å². The molecule has 0 aliphatic heterocycles. The zero-order valence-corrected chi connectivity index (χ0v) is 6.18. The third-order valence-corrected chi connectivity index (χ3v) is 1.13. The molecule has 0 radical (unpaired) electrons. The monoisotopic (exact) mass is 124 g/mol. The summed E-state index contributed by atoms with van der Waals surface area (Å²) >= 11 is 0. The molecule has 2 heteroatoms. The van der Waals surface area contributed by atoms with E-state index in [0.717, 1.165) is 11.3 Å². The Morgan fingerprint density at radius 3 is 2.33 bits per heavy atom. The lowest BCUT2D eigenvalue weighted by Gasteiger charge is -1.92. The van der Waals surface area contributed by atoms with Gasteiger partial charge < -0.3 is 0 Å². The molecule has 0 aromatic heterocycles. The van der Waals surface area contributed by atoms with Crippen LogP contribution in [0, 0.1) is 0 Å². The average molecular weight is 124 g/mol. The van der Waals surface area contributed by atoms with Gasteiger partial charge in [0.2, 0.25) is 0 Å². The van der Waals surface area contributed by atoms with Crippen LogP contribution in [0.4, 0.5) is 0 Å². The zero-order chi connectivity index (χ0) is 7.28. The van der Waals surface area contributed by atoms with E-state index in [2.05, 4.69) is 16.7 Å². The second-order valence-corrected chi connectivity index (χ2v) is 1.81. The lowest BCUT2D eigenvalue weighted by molar-refractivity contribution is 1.27. The SMILES string of the molecule is C=N/C(C)=C(/C)C=NC. The first-order chi connectivity index (χ1) is 4.22. The molecule has 0 aliphatic rings. The molecule has 50 valence electrons. The lowest BCUT2D eigenvalue weighted by atomic mass is 10.3. The van der Waals surface area contributed by atoms with E-state index in [4.69, 9.17) is 0 Å². The molecule has 0 bridgehead atoms. The summed E-state index contributed by atoms with van der Waals surface area (Å²) in [4.78, 5) is 7.58. The first kappa shape index (κ1) is 8.08. The van der Waals surface area contributed by atoms with Gasteiger partial charge in [-0.3, -0.25) is 9.98 Å². The predicted molar refractivity (Wildman–Crippen MR) is 42.3 cm³/mol. The van der Waals surface area contributed by atoms with E-state index in [9.17, 15) is 0 Å². The second kappa shape index (κ2) is 4.01. The van der Waals surface area contributed by atoms with Gasteiger partial charge in [0.05, 0.1) is 0 Å². The van der Waals surface area contributed by atoms with Crippen molar-refractivity contribution in [1.29, 1.82) is 0 Å². The van der Waals surface area contributed by atoms with Crippen molar-refractivity contribution < 1.29 is 0 Å². The highest BCUT2D eigenvalue weighted by molar-refractivity contribution is 5.78. The highest BCUT2D eigenvalue weighted by atomic mass is 14.7. The van der Waals surface area contributed by atoms with E-state index >= 15 is 0 Å². The van der Waals surface area contributed by atoms with Gasteiger partial charge in [-0.2, -0.15) is 0 Å². The molecule has 9 heavy (non-hydrogen) atoms. The molecular formula is C7H12N2. The molecule has 0 aliphatic carbocycles. The first-order valence-electron chi connectivity index (χ1n) is 2.78. The van der Waals surface area contributed by atoms with Gasteiger partial charge in [0, 0.05) is 19.0 Å². The van der Waals surface area contributed by atoms with Gasteiger partial charge >= 0.3 is 0 Å².